The summed E-state index contributed by atoms with van der Waals surface area (Å²) in [5.41, 5.74) is 1.66. The summed E-state index contributed by atoms with van der Waals surface area (Å²) in [6.07, 6.45) is -0.267. The van der Waals surface area contributed by atoms with Crippen molar-refractivity contribution in [1.29, 1.82) is 0 Å². The third-order valence-corrected chi connectivity index (χ3v) is 6.44. The van der Waals surface area contributed by atoms with Crippen LogP contribution >= 0.6 is 0 Å². The minimum atomic E-state index is -0.922. The molecule has 3 aromatic carbocycles. The third-order valence-electron chi connectivity index (χ3n) is 6.44. The molecule has 7 heteroatoms. The molecule has 0 saturated heterocycles. The van der Waals surface area contributed by atoms with Gasteiger partial charge in [-0.05, 0) is 82.3 Å². The predicted molar refractivity (Wildman–Crippen MR) is 161 cm³/mol. The highest BCUT2D eigenvalue weighted by Gasteiger charge is 2.38. The van der Waals surface area contributed by atoms with E-state index in [0.29, 0.717) is 17.7 Å². The predicted octanol–water partition coefficient (Wildman–Crippen LogP) is 7.00. The van der Waals surface area contributed by atoms with Gasteiger partial charge in [0.25, 0.3) is 5.91 Å². The van der Waals surface area contributed by atoms with Crippen molar-refractivity contribution in [3.63, 3.8) is 0 Å². The maximum Gasteiger partial charge on any atom is 0.408 e. The van der Waals surface area contributed by atoms with Crippen molar-refractivity contribution < 1.29 is 19.1 Å². The van der Waals surface area contributed by atoms with Gasteiger partial charge >= 0.3 is 6.09 Å². The van der Waals surface area contributed by atoms with Gasteiger partial charge in [-0.25, -0.2) is 4.79 Å². The zero-order valence-corrected chi connectivity index (χ0v) is 24.9. The molecule has 7 nitrogen and oxygen atoms in total. The number of nitrogens with one attached hydrogen (secondary N) is 2. The lowest BCUT2D eigenvalue weighted by atomic mass is 9.97. The number of fused-ring (bicyclic) bond motifs is 1. The first-order chi connectivity index (χ1) is 18.7. The maximum absolute atomic E-state index is 14.2. The van der Waals surface area contributed by atoms with Crippen LogP contribution in [0.15, 0.2) is 66.7 Å². The van der Waals surface area contributed by atoms with Gasteiger partial charge in [-0.3, -0.25) is 9.59 Å². The number of amides is 3. The van der Waals surface area contributed by atoms with Crippen molar-refractivity contribution in [2.45, 2.75) is 85.5 Å². The maximum atomic E-state index is 14.2. The van der Waals surface area contributed by atoms with Gasteiger partial charge < -0.3 is 20.3 Å². The van der Waals surface area contributed by atoms with E-state index in [0.717, 1.165) is 16.3 Å². The van der Waals surface area contributed by atoms with Gasteiger partial charge in [0.1, 0.15) is 17.7 Å². The van der Waals surface area contributed by atoms with E-state index in [4.69, 9.17) is 4.74 Å². The number of aryl methyl sites for hydroxylation is 1. The molecule has 0 aromatic heterocycles. The lowest BCUT2D eigenvalue weighted by Gasteiger charge is -2.37. The van der Waals surface area contributed by atoms with Crippen LogP contribution < -0.4 is 10.6 Å². The summed E-state index contributed by atoms with van der Waals surface area (Å²) in [5, 5.41) is 7.90. The van der Waals surface area contributed by atoms with E-state index < -0.39 is 23.8 Å². The number of benzene rings is 3. The summed E-state index contributed by atoms with van der Waals surface area (Å²) in [6.45, 7) is 15.0. The highest BCUT2D eigenvalue weighted by atomic mass is 16.6. The van der Waals surface area contributed by atoms with Gasteiger partial charge in [0.2, 0.25) is 5.91 Å². The molecule has 2 atom stereocenters. The molecule has 3 aromatic rings. The topological polar surface area (TPSA) is 87.7 Å². The Morgan fingerprint density at radius 3 is 2.08 bits per heavy atom. The molecule has 0 fully saturated rings. The summed E-state index contributed by atoms with van der Waals surface area (Å²) >= 11 is 0. The third kappa shape index (κ3) is 8.31. The molecule has 0 aliphatic rings. The minimum Gasteiger partial charge on any atom is -0.444 e. The number of hydrogen-bond donors (Lipinski definition) is 2. The van der Waals surface area contributed by atoms with Gasteiger partial charge in [0, 0.05) is 11.7 Å². The highest BCUT2D eigenvalue weighted by Crippen LogP contribution is 2.28. The molecule has 0 aliphatic heterocycles. The molecule has 0 saturated carbocycles. The van der Waals surface area contributed by atoms with Gasteiger partial charge in [0.05, 0.1) is 0 Å². The highest BCUT2D eigenvalue weighted by molar-refractivity contribution is 6.00. The molecule has 214 valence electrons. The number of hydrogen-bond acceptors (Lipinski definition) is 4. The van der Waals surface area contributed by atoms with E-state index in [1.54, 1.807) is 25.7 Å². The zero-order valence-electron chi connectivity index (χ0n) is 24.9. The Morgan fingerprint density at radius 1 is 0.875 bits per heavy atom. The quantitative estimate of drug-likeness (QED) is 0.303. The molecular weight excluding hydrogens is 502 g/mol. The number of nitrogens with zero attached hydrogens (tertiary/aromatic N) is 1. The number of anilines is 1. The Bertz CT molecular complexity index is 1330. The number of alkyl carbamates (subject to hydrolysis) is 1. The Labute approximate surface area is 238 Å². The average Bonchev–Trinajstić information content (AvgIpc) is 2.85. The fraction of sp³-hybridized carbons (Fsp3) is 0.424. The number of carbonyl (C=O) groups is 3. The molecule has 3 rings (SSSR count). The standard InChI is InChI=1S/C33H43N3O4/c1-21(2)19-28(35-32(39)40-33(6,7)8)31(38)36(22(3)4)29(25-15-13-23(5)14-16-25)30(37)34-27-18-17-24-11-9-10-12-26(24)20-27/h9-18,20-22,28-29H,19H2,1-8H3,(H,34,37)(H,35,39). The fourth-order valence-electron chi connectivity index (χ4n) is 4.67. The fourth-order valence-corrected chi connectivity index (χ4v) is 4.67. The van der Waals surface area contributed by atoms with E-state index in [-0.39, 0.29) is 23.8 Å². The van der Waals surface area contributed by atoms with E-state index >= 15 is 0 Å². The summed E-state index contributed by atoms with van der Waals surface area (Å²) in [6, 6.07) is 19.2. The molecule has 0 spiro atoms. The van der Waals surface area contributed by atoms with Crippen molar-refractivity contribution in [3.8, 4) is 0 Å². The van der Waals surface area contributed by atoms with Crippen LogP contribution in [0.4, 0.5) is 10.5 Å². The Balaban J connectivity index is 2.00. The van der Waals surface area contributed by atoms with Gasteiger partial charge in [0.15, 0.2) is 0 Å². The van der Waals surface area contributed by atoms with Crippen molar-refractivity contribution in [2.24, 2.45) is 5.92 Å². The first kappa shape index (κ1) is 30.7. The van der Waals surface area contributed by atoms with Gasteiger partial charge in [-0.1, -0.05) is 74.0 Å². The second-order valence-corrected chi connectivity index (χ2v) is 12.0. The molecule has 0 bridgehead atoms. The summed E-state index contributed by atoms with van der Waals surface area (Å²) < 4.78 is 5.46. The van der Waals surface area contributed by atoms with Crippen molar-refractivity contribution >= 4 is 34.4 Å². The van der Waals surface area contributed by atoms with Crippen molar-refractivity contribution in [3.05, 3.63) is 77.9 Å². The molecule has 2 unspecified atom stereocenters. The van der Waals surface area contributed by atoms with Crippen LogP contribution in [0.25, 0.3) is 10.8 Å². The molecule has 0 radical (unpaired) electrons. The van der Waals surface area contributed by atoms with E-state index in [9.17, 15) is 14.4 Å². The molecule has 2 N–H and O–H groups in total. The molecule has 3 amide bonds. The van der Waals surface area contributed by atoms with E-state index in [1.807, 2.05) is 101 Å². The zero-order chi connectivity index (χ0) is 29.6. The Morgan fingerprint density at radius 2 is 1.50 bits per heavy atom. The number of ether oxygens (including phenoxy) is 1. The van der Waals surface area contributed by atoms with Crippen LogP contribution in [-0.2, 0) is 14.3 Å². The Hall–Kier alpha value is -3.87. The van der Waals surface area contributed by atoms with Gasteiger partial charge in [-0.15, -0.1) is 0 Å². The molecule has 0 heterocycles. The van der Waals surface area contributed by atoms with Crippen LogP contribution in [0.1, 0.15) is 72.1 Å². The summed E-state index contributed by atoms with van der Waals surface area (Å²) in [7, 11) is 0. The van der Waals surface area contributed by atoms with Crippen LogP contribution in [0.3, 0.4) is 0 Å². The molecule has 40 heavy (non-hydrogen) atoms. The van der Waals surface area contributed by atoms with Crippen molar-refractivity contribution in [2.75, 3.05) is 5.32 Å². The largest absolute Gasteiger partial charge is 0.444 e. The minimum absolute atomic E-state index is 0.113. The summed E-state index contributed by atoms with van der Waals surface area (Å²) in [5.74, 6) is -0.558. The lowest BCUT2D eigenvalue weighted by molar-refractivity contribution is -0.143. The van der Waals surface area contributed by atoms with Crippen LogP contribution in [-0.4, -0.2) is 40.5 Å². The van der Waals surface area contributed by atoms with Crippen molar-refractivity contribution in [1.82, 2.24) is 10.2 Å². The normalized spacial score (nSPS) is 13.2. The second-order valence-electron chi connectivity index (χ2n) is 12.0. The smallest absolute Gasteiger partial charge is 0.408 e. The average molecular weight is 546 g/mol. The monoisotopic (exact) mass is 545 g/mol. The van der Waals surface area contributed by atoms with Crippen LogP contribution in [0.5, 0.6) is 0 Å². The number of carbonyl (C=O) groups excluding carboxylic acids is 3. The number of rotatable bonds is 9. The van der Waals surface area contributed by atoms with Gasteiger partial charge in [-0.2, -0.15) is 0 Å². The first-order valence-corrected chi connectivity index (χ1v) is 13.9. The van der Waals surface area contributed by atoms with E-state index in [2.05, 4.69) is 10.6 Å². The van der Waals surface area contributed by atoms with Crippen LogP contribution in [0, 0.1) is 12.8 Å². The summed E-state index contributed by atoms with van der Waals surface area (Å²) in [4.78, 5) is 42.5. The molecular formula is C33H43N3O4. The lowest BCUT2D eigenvalue weighted by Crippen LogP contribution is -2.54. The van der Waals surface area contributed by atoms with Crippen LogP contribution in [0.2, 0.25) is 0 Å². The molecule has 0 aliphatic carbocycles. The first-order valence-electron chi connectivity index (χ1n) is 13.9. The Kier molecular flexibility index (Phi) is 9.96. The second kappa shape index (κ2) is 13.0. The van der Waals surface area contributed by atoms with E-state index in [1.165, 1.54) is 0 Å². The SMILES string of the molecule is Cc1ccc(C(C(=O)Nc2ccc3ccccc3c2)N(C(=O)C(CC(C)C)NC(=O)OC(C)(C)C)C(C)C)cc1.